The predicted octanol–water partition coefficient (Wildman–Crippen LogP) is 2.49. The predicted molar refractivity (Wildman–Crippen MR) is 78.5 cm³/mol. The minimum absolute atomic E-state index is 0.703. The van der Waals surface area contributed by atoms with E-state index in [4.69, 9.17) is 0 Å². The Hall–Kier alpha value is -0.610. The van der Waals surface area contributed by atoms with Gasteiger partial charge in [-0.05, 0) is 65.2 Å². The Balaban J connectivity index is 2.22. The maximum Gasteiger partial charge on any atom is 0.323 e. The van der Waals surface area contributed by atoms with Crippen LogP contribution < -0.4 is 5.32 Å². The molecule has 1 heterocycles. The topological polar surface area (TPSA) is 52.6 Å². The number of carboxylic acids is 1. The van der Waals surface area contributed by atoms with E-state index in [1.807, 2.05) is 6.92 Å². The van der Waals surface area contributed by atoms with Gasteiger partial charge >= 0.3 is 5.97 Å². The van der Waals surface area contributed by atoms with Gasteiger partial charge in [-0.25, -0.2) is 0 Å². The largest absolute Gasteiger partial charge is 0.480 e. The number of hydrogen-bond donors (Lipinski definition) is 2. The summed E-state index contributed by atoms with van der Waals surface area (Å²) in [4.78, 5) is 13.8. The average molecular weight is 270 g/mol. The summed E-state index contributed by atoms with van der Waals surface area (Å²) in [6.45, 7) is 8.03. The maximum atomic E-state index is 11.3. The molecule has 0 aromatic carbocycles. The molecule has 1 atom stereocenters. The van der Waals surface area contributed by atoms with Gasteiger partial charge in [-0.3, -0.25) is 4.79 Å². The molecule has 4 heteroatoms. The van der Waals surface area contributed by atoms with Crippen molar-refractivity contribution in [2.75, 3.05) is 26.2 Å². The van der Waals surface area contributed by atoms with Gasteiger partial charge in [0, 0.05) is 0 Å². The number of unbranched alkanes of at least 4 members (excludes halogenated alkanes) is 1. The lowest BCUT2D eigenvalue weighted by Crippen LogP contribution is -2.49. The Kier molecular flexibility index (Phi) is 7.39. The molecule has 0 aliphatic carbocycles. The molecule has 0 aromatic heterocycles. The lowest BCUT2D eigenvalue weighted by atomic mass is 9.95. The van der Waals surface area contributed by atoms with Crippen LogP contribution in [-0.4, -0.2) is 47.7 Å². The number of hydrogen-bond acceptors (Lipinski definition) is 3. The van der Waals surface area contributed by atoms with Crippen molar-refractivity contribution in [1.82, 2.24) is 10.2 Å². The highest BCUT2D eigenvalue weighted by molar-refractivity contribution is 5.78. The fourth-order valence-electron chi connectivity index (χ4n) is 2.83. The van der Waals surface area contributed by atoms with Crippen LogP contribution in [-0.2, 0) is 4.79 Å². The summed E-state index contributed by atoms with van der Waals surface area (Å²) in [7, 11) is 0. The fraction of sp³-hybridized carbons (Fsp3) is 0.933. The van der Waals surface area contributed by atoms with Gasteiger partial charge in [0.15, 0.2) is 0 Å². The second-order valence-corrected chi connectivity index (χ2v) is 5.88. The molecule has 0 saturated carbocycles. The van der Waals surface area contributed by atoms with Crippen molar-refractivity contribution < 1.29 is 9.90 Å². The lowest BCUT2D eigenvalue weighted by molar-refractivity contribution is -0.144. The molecular formula is C15H30N2O2. The summed E-state index contributed by atoms with van der Waals surface area (Å²) >= 11 is 0. The maximum absolute atomic E-state index is 11.3. The van der Waals surface area contributed by atoms with Crippen LogP contribution in [0.1, 0.15) is 58.8 Å². The molecule has 1 aliphatic heterocycles. The highest BCUT2D eigenvalue weighted by Crippen LogP contribution is 2.16. The van der Waals surface area contributed by atoms with Crippen molar-refractivity contribution in [1.29, 1.82) is 0 Å². The van der Waals surface area contributed by atoms with E-state index in [2.05, 4.69) is 10.2 Å². The second kappa shape index (κ2) is 8.54. The average Bonchev–Trinajstić information content (AvgIpc) is 2.63. The van der Waals surface area contributed by atoms with E-state index in [1.165, 1.54) is 38.8 Å². The van der Waals surface area contributed by atoms with E-state index < -0.39 is 11.5 Å². The molecule has 0 amide bonds. The molecular weight excluding hydrogens is 240 g/mol. The number of rotatable bonds is 8. The lowest BCUT2D eigenvalue weighted by Gasteiger charge is -2.26. The number of likely N-dealkylation sites (tertiary alicyclic amines) is 1. The van der Waals surface area contributed by atoms with Crippen LogP contribution in [0.15, 0.2) is 0 Å². The molecule has 112 valence electrons. The van der Waals surface area contributed by atoms with E-state index in [0.29, 0.717) is 13.0 Å². The Morgan fingerprint density at radius 3 is 2.37 bits per heavy atom. The van der Waals surface area contributed by atoms with Crippen LogP contribution >= 0.6 is 0 Å². The third-order valence-corrected chi connectivity index (χ3v) is 4.14. The molecule has 19 heavy (non-hydrogen) atoms. The summed E-state index contributed by atoms with van der Waals surface area (Å²) in [6.07, 6.45) is 8.18. The second-order valence-electron chi connectivity index (χ2n) is 5.88. The van der Waals surface area contributed by atoms with Crippen LogP contribution in [0.3, 0.4) is 0 Å². The Morgan fingerprint density at radius 2 is 1.84 bits per heavy atom. The summed E-state index contributed by atoms with van der Waals surface area (Å²) < 4.78 is 0. The van der Waals surface area contributed by atoms with E-state index in [9.17, 15) is 9.90 Å². The number of nitrogens with zero attached hydrogens (tertiary/aromatic N) is 1. The smallest absolute Gasteiger partial charge is 0.323 e. The van der Waals surface area contributed by atoms with Gasteiger partial charge < -0.3 is 15.3 Å². The van der Waals surface area contributed by atoms with Crippen LogP contribution in [0.5, 0.6) is 0 Å². The zero-order valence-corrected chi connectivity index (χ0v) is 12.6. The van der Waals surface area contributed by atoms with Gasteiger partial charge in [0.1, 0.15) is 5.54 Å². The van der Waals surface area contributed by atoms with Gasteiger partial charge in [0.25, 0.3) is 0 Å². The normalized spacial score (nSPS) is 20.7. The third-order valence-electron chi connectivity index (χ3n) is 4.14. The number of carboxylic acid groups (broad SMARTS) is 1. The van der Waals surface area contributed by atoms with Crippen LogP contribution in [0.2, 0.25) is 0 Å². The zero-order valence-electron chi connectivity index (χ0n) is 12.6. The fourth-order valence-corrected chi connectivity index (χ4v) is 2.83. The first-order chi connectivity index (χ1) is 9.08. The third kappa shape index (κ3) is 5.91. The van der Waals surface area contributed by atoms with E-state index in [1.54, 1.807) is 6.92 Å². The molecule has 1 fully saturated rings. The standard InChI is InChI=1S/C15H30N2O2/c1-3-16-15(2,14(18)19)10-6-9-13-17-11-7-4-5-8-12-17/h16H,3-13H2,1-2H3,(H,18,19). The highest BCUT2D eigenvalue weighted by Gasteiger charge is 2.31. The monoisotopic (exact) mass is 270 g/mol. The summed E-state index contributed by atoms with van der Waals surface area (Å²) in [5.74, 6) is -0.732. The molecule has 0 radical (unpaired) electrons. The van der Waals surface area contributed by atoms with Gasteiger partial charge in [-0.15, -0.1) is 0 Å². The Labute approximate surface area is 117 Å². The van der Waals surface area contributed by atoms with Crippen molar-refractivity contribution in [2.45, 2.75) is 64.3 Å². The molecule has 0 bridgehead atoms. The summed E-state index contributed by atoms with van der Waals surface area (Å²) in [6, 6.07) is 0. The van der Waals surface area contributed by atoms with E-state index in [0.717, 1.165) is 19.4 Å². The summed E-state index contributed by atoms with van der Waals surface area (Å²) in [5.41, 5.74) is -0.756. The quantitative estimate of drug-likeness (QED) is 0.665. The Bertz CT molecular complexity index is 263. The highest BCUT2D eigenvalue weighted by atomic mass is 16.4. The van der Waals surface area contributed by atoms with Crippen molar-refractivity contribution in [2.24, 2.45) is 0 Å². The SMILES string of the molecule is CCNC(C)(CCCCN1CCCCCC1)C(=O)O. The minimum Gasteiger partial charge on any atom is -0.480 e. The Morgan fingerprint density at radius 1 is 1.21 bits per heavy atom. The first kappa shape index (κ1) is 16.4. The number of nitrogens with one attached hydrogen (secondary N) is 1. The first-order valence-electron chi connectivity index (χ1n) is 7.79. The molecule has 1 saturated heterocycles. The van der Waals surface area contributed by atoms with Gasteiger partial charge in [0.05, 0.1) is 0 Å². The molecule has 1 unspecified atom stereocenters. The van der Waals surface area contributed by atoms with Gasteiger partial charge in [0.2, 0.25) is 0 Å². The zero-order chi connectivity index (χ0) is 14.1. The molecule has 1 rings (SSSR count). The van der Waals surface area contributed by atoms with Crippen LogP contribution in [0.4, 0.5) is 0 Å². The molecule has 4 nitrogen and oxygen atoms in total. The first-order valence-corrected chi connectivity index (χ1v) is 7.79. The number of likely N-dealkylation sites (N-methyl/N-ethyl adjacent to an activating group) is 1. The van der Waals surface area contributed by atoms with Crippen molar-refractivity contribution in [3.63, 3.8) is 0 Å². The molecule has 2 N–H and O–H groups in total. The van der Waals surface area contributed by atoms with E-state index >= 15 is 0 Å². The van der Waals surface area contributed by atoms with Crippen molar-refractivity contribution in [3.8, 4) is 0 Å². The molecule has 1 aliphatic rings. The minimum atomic E-state index is -0.756. The van der Waals surface area contributed by atoms with Gasteiger partial charge in [-0.2, -0.15) is 0 Å². The molecule has 0 aromatic rings. The van der Waals surface area contributed by atoms with Gasteiger partial charge in [-0.1, -0.05) is 19.8 Å². The van der Waals surface area contributed by atoms with Crippen molar-refractivity contribution >= 4 is 5.97 Å². The summed E-state index contributed by atoms with van der Waals surface area (Å²) in [5, 5.41) is 12.4. The van der Waals surface area contributed by atoms with Crippen molar-refractivity contribution in [3.05, 3.63) is 0 Å². The van der Waals surface area contributed by atoms with E-state index in [-0.39, 0.29) is 0 Å². The van der Waals surface area contributed by atoms with Crippen LogP contribution in [0.25, 0.3) is 0 Å². The molecule has 0 spiro atoms. The van der Waals surface area contributed by atoms with Crippen LogP contribution in [0, 0.1) is 0 Å². The number of carbonyl (C=O) groups is 1. The number of aliphatic carboxylic acids is 1.